The smallest absolute Gasteiger partial charge is 0.221 e. The minimum atomic E-state index is -3.15. The quantitative estimate of drug-likeness (QED) is 0.698. The molecule has 6 nitrogen and oxygen atoms in total. The summed E-state index contributed by atoms with van der Waals surface area (Å²) in [5.74, 6) is 0.210. The van der Waals surface area contributed by atoms with Crippen molar-refractivity contribution >= 4 is 46.2 Å². The number of carbonyl (C=O) groups is 1. The van der Waals surface area contributed by atoms with Gasteiger partial charge in [-0.2, -0.15) is 0 Å². The number of benzene rings is 1. The standard InChI is InChI=1S/C17H27N3O3S.2ClH/c1-3-24(22,23)16-6-4-15(5-7-16)20-12-9-14(10-13-20)19-17(21)8-11-18-2;;/h4-7,14,18H,3,8-13H2,1-2H3,(H,19,21);2*1H. The molecule has 1 heterocycles. The first-order chi connectivity index (χ1) is 11.5. The molecule has 0 aliphatic carbocycles. The van der Waals surface area contributed by atoms with Gasteiger partial charge in [-0.3, -0.25) is 4.79 Å². The van der Waals surface area contributed by atoms with Crippen LogP contribution in [0.15, 0.2) is 29.2 Å². The summed E-state index contributed by atoms with van der Waals surface area (Å²) in [5.41, 5.74) is 1.03. The number of amides is 1. The van der Waals surface area contributed by atoms with Gasteiger partial charge in [-0.25, -0.2) is 8.42 Å². The van der Waals surface area contributed by atoms with Crippen molar-refractivity contribution in [3.05, 3.63) is 24.3 Å². The molecule has 1 saturated heterocycles. The van der Waals surface area contributed by atoms with Gasteiger partial charge in [0.25, 0.3) is 0 Å². The van der Waals surface area contributed by atoms with Gasteiger partial charge in [-0.15, -0.1) is 24.8 Å². The second-order valence-corrected chi connectivity index (χ2v) is 8.36. The van der Waals surface area contributed by atoms with Crippen molar-refractivity contribution in [2.75, 3.05) is 37.3 Å². The molecule has 0 saturated carbocycles. The molecule has 0 radical (unpaired) electrons. The van der Waals surface area contributed by atoms with E-state index in [4.69, 9.17) is 0 Å². The summed E-state index contributed by atoms with van der Waals surface area (Å²) in [7, 11) is -1.31. The first-order valence-corrected chi connectivity index (χ1v) is 10.1. The van der Waals surface area contributed by atoms with E-state index >= 15 is 0 Å². The van der Waals surface area contributed by atoms with Gasteiger partial charge in [-0.05, 0) is 44.2 Å². The van der Waals surface area contributed by atoms with E-state index in [1.165, 1.54) is 0 Å². The van der Waals surface area contributed by atoms with Crippen molar-refractivity contribution in [2.24, 2.45) is 0 Å². The average Bonchev–Trinajstić information content (AvgIpc) is 2.61. The molecule has 9 heteroatoms. The fourth-order valence-corrected chi connectivity index (χ4v) is 3.74. The van der Waals surface area contributed by atoms with Crippen LogP contribution in [0, 0.1) is 0 Å². The van der Waals surface area contributed by atoms with Crippen LogP contribution in [0.3, 0.4) is 0 Å². The molecule has 0 unspecified atom stereocenters. The zero-order chi connectivity index (χ0) is 17.6. The number of sulfone groups is 1. The largest absolute Gasteiger partial charge is 0.371 e. The highest BCUT2D eigenvalue weighted by atomic mass is 35.5. The van der Waals surface area contributed by atoms with Gasteiger partial charge in [0.2, 0.25) is 5.91 Å². The fraction of sp³-hybridized carbons (Fsp3) is 0.588. The number of nitrogens with one attached hydrogen (secondary N) is 2. The topological polar surface area (TPSA) is 78.5 Å². The molecule has 1 aromatic carbocycles. The molecule has 2 rings (SSSR count). The Morgan fingerprint density at radius 1 is 1.15 bits per heavy atom. The van der Waals surface area contributed by atoms with Crippen molar-refractivity contribution in [1.29, 1.82) is 0 Å². The van der Waals surface area contributed by atoms with Gasteiger partial charge in [0.1, 0.15) is 0 Å². The van der Waals surface area contributed by atoms with Crippen molar-refractivity contribution < 1.29 is 13.2 Å². The molecular formula is C17H29Cl2N3O3S. The third-order valence-electron chi connectivity index (χ3n) is 4.40. The molecule has 0 atom stereocenters. The third kappa shape index (κ3) is 6.95. The lowest BCUT2D eigenvalue weighted by atomic mass is 10.0. The maximum absolute atomic E-state index is 11.9. The Labute approximate surface area is 168 Å². The minimum Gasteiger partial charge on any atom is -0.371 e. The highest BCUT2D eigenvalue weighted by molar-refractivity contribution is 7.91. The van der Waals surface area contributed by atoms with Gasteiger partial charge in [0.05, 0.1) is 10.6 Å². The predicted molar refractivity (Wildman–Crippen MR) is 111 cm³/mol. The fourth-order valence-electron chi connectivity index (χ4n) is 2.85. The molecule has 26 heavy (non-hydrogen) atoms. The maximum atomic E-state index is 11.9. The molecule has 1 fully saturated rings. The van der Waals surface area contributed by atoms with Crippen molar-refractivity contribution in [2.45, 2.75) is 37.1 Å². The van der Waals surface area contributed by atoms with Crippen LogP contribution in [-0.4, -0.2) is 52.8 Å². The number of halogens is 2. The number of hydrogen-bond acceptors (Lipinski definition) is 5. The molecule has 1 amide bonds. The highest BCUT2D eigenvalue weighted by Gasteiger charge is 2.21. The number of hydrogen-bond donors (Lipinski definition) is 2. The van der Waals surface area contributed by atoms with Gasteiger partial charge >= 0.3 is 0 Å². The molecule has 2 N–H and O–H groups in total. The zero-order valence-electron chi connectivity index (χ0n) is 15.2. The van der Waals surface area contributed by atoms with E-state index in [9.17, 15) is 13.2 Å². The molecule has 1 aromatic rings. The van der Waals surface area contributed by atoms with E-state index in [0.29, 0.717) is 17.9 Å². The van der Waals surface area contributed by atoms with Crippen LogP contribution in [0.1, 0.15) is 26.2 Å². The lowest BCUT2D eigenvalue weighted by Crippen LogP contribution is -2.45. The zero-order valence-corrected chi connectivity index (χ0v) is 17.7. The van der Waals surface area contributed by atoms with E-state index in [1.54, 1.807) is 19.1 Å². The summed E-state index contributed by atoms with van der Waals surface area (Å²) in [6.07, 6.45) is 2.31. The van der Waals surface area contributed by atoms with Crippen LogP contribution < -0.4 is 15.5 Å². The molecule has 150 valence electrons. The van der Waals surface area contributed by atoms with E-state index in [-0.39, 0.29) is 42.5 Å². The monoisotopic (exact) mass is 425 g/mol. The molecule has 0 spiro atoms. The van der Waals surface area contributed by atoms with E-state index in [1.807, 2.05) is 19.2 Å². The number of anilines is 1. The van der Waals surface area contributed by atoms with Crippen molar-refractivity contribution in [3.63, 3.8) is 0 Å². The van der Waals surface area contributed by atoms with E-state index in [0.717, 1.165) is 31.6 Å². The lowest BCUT2D eigenvalue weighted by Gasteiger charge is -2.34. The van der Waals surface area contributed by atoms with Crippen LogP contribution in [0.25, 0.3) is 0 Å². The van der Waals surface area contributed by atoms with Crippen LogP contribution in [0.5, 0.6) is 0 Å². The SMILES string of the molecule is CCS(=O)(=O)c1ccc(N2CCC(NC(=O)CCNC)CC2)cc1.Cl.Cl. The molecule has 0 aromatic heterocycles. The molecule has 1 aliphatic rings. The average molecular weight is 426 g/mol. The highest BCUT2D eigenvalue weighted by Crippen LogP contribution is 2.22. The van der Waals surface area contributed by atoms with Crippen LogP contribution in [0.2, 0.25) is 0 Å². The van der Waals surface area contributed by atoms with Gasteiger partial charge in [-0.1, -0.05) is 6.92 Å². The maximum Gasteiger partial charge on any atom is 0.221 e. The Morgan fingerprint density at radius 2 is 1.73 bits per heavy atom. The minimum absolute atomic E-state index is 0. The predicted octanol–water partition coefficient (Wildman–Crippen LogP) is 2.02. The van der Waals surface area contributed by atoms with E-state index < -0.39 is 9.84 Å². The van der Waals surface area contributed by atoms with Crippen LogP contribution in [-0.2, 0) is 14.6 Å². The van der Waals surface area contributed by atoms with E-state index in [2.05, 4.69) is 15.5 Å². The summed E-state index contributed by atoms with van der Waals surface area (Å²) >= 11 is 0. The normalized spacial score (nSPS) is 14.9. The number of carbonyl (C=O) groups excluding carboxylic acids is 1. The van der Waals surface area contributed by atoms with Crippen LogP contribution >= 0.6 is 24.8 Å². The Hall–Kier alpha value is -1.02. The molecular weight excluding hydrogens is 397 g/mol. The van der Waals surface area contributed by atoms with Crippen molar-refractivity contribution in [1.82, 2.24) is 10.6 Å². The Morgan fingerprint density at radius 3 is 2.23 bits per heavy atom. The number of rotatable bonds is 7. The second kappa shape index (κ2) is 11.6. The summed E-state index contributed by atoms with van der Waals surface area (Å²) < 4.78 is 23.7. The second-order valence-electron chi connectivity index (χ2n) is 6.08. The summed E-state index contributed by atoms with van der Waals surface area (Å²) in [4.78, 5) is 14.4. The van der Waals surface area contributed by atoms with Gasteiger partial charge < -0.3 is 15.5 Å². The Bertz CT molecular complexity index is 646. The summed E-state index contributed by atoms with van der Waals surface area (Å²) in [6, 6.07) is 7.33. The number of piperidine rings is 1. The summed E-state index contributed by atoms with van der Waals surface area (Å²) in [5, 5.41) is 6.05. The molecule has 1 aliphatic heterocycles. The van der Waals surface area contributed by atoms with Crippen LogP contribution in [0.4, 0.5) is 5.69 Å². The first-order valence-electron chi connectivity index (χ1n) is 8.48. The first kappa shape index (κ1) is 25.0. The number of nitrogens with zero attached hydrogens (tertiary/aromatic N) is 1. The summed E-state index contributed by atoms with van der Waals surface area (Å²) in [6.45, 7) is 4.06. The third-order valence-corrected chi connectivity index (χ3v) is 6.15. The Kier molecular flexibility index (Phi) is 11.2. The van der Waals surface area contributed by atoms with Gasteiger partial charge in [0.15, 0.2) is 9.84 Å². The van der Waals surface area contributed by atoms with Gasteiger partial charge in [0, 0.05) is 37.8 Å². The molecule has 0 bridgehead atoms. The van der Waals surface area contributed by atoms with Crippen molar-refractivity contribution in [3.8, 4) is 0 Å². The lowest BCUT2D eigenvalue weighted by molar-refractivity contribution is -0.121. The Balaban J connectivity index is 0.00000312.